The van der Waals surface area contributed by atoms with Crippen molar-refractivity contribution in [2.24, 2.45) is 0 Å². The van der Waals surface area contributed by atoms with E-state index < -0.39 is 24.5 Å². The number of hydrogen-bond donors (Lipinski definition) is 3. The molecule has 0 aliphatic rings. The smallest absolute Gasteiger partial charge is 0.328 e. The standard InChI is InChI=1S/C8H15NO5/c1-2-3-14-5-7(11)9-6(4-10)8(12)13/h6,10H,2-5H2,1H3,(H,9,11)(H,12,13)/t6-/m1/s1. The van der Waals surface area contributed by atoms with Crippen LogP contribution in [0.2, 0.25) is 0 Å². The van der Waals surface area contributed by atoms with Crippen molar-refractivity contribution < 1.29 is 24.5 Å². The van der Waals surface area contributed by atoms with Gasteiger partial charge in [0.2, 0.25) is 5.91 Å². The number of rotatable bonds is 7. The molecular formula is C8H15NO5. The molecule has 0 heterocycles. The minimum absolute atomic E-state index is 0.183. The number of aliphatic carboxylic acids is 1. The quantitative estimate of drug-likeness (QED) is 0.462. The van der Waals surface area contributed by atoms with E-state index in [4.69, 9.17) is 14.9 Å². The third kappa shape index (κ3) is 5.50. The fourth-order valence-corrected chi connectivity index (χ4v) is 0.731. The van der Waals surface area contributed by atoms with Crippen LogP contribution in [0.25, 0.3) is 0 Å². The van der Waals surface area contributed by atoms with E-state index >= 15 is 0 Å². The van der Waals surface area contributed by atoms with Gasteiger partial charge in [-0.2, -0.15) is 0 Å². The summed E-state index contributed by atoms with van der Waals surface area (Å²) in [5, 5.41) is 19.2. The number of nitrogens with one attached hydrogen (secondary N) is 1. The molecule has 6 nitrogen and oxygen atoms in total. The predicted octanol–water partition coefficient (Wildman–Crippen LogP) is -1.03. The Balaban J connectivity index is 3.74. The van der Waals surface area contributed by atoms with E-state index in [0.29, 0.717) is 6.61 Å². The first-order valence-electron chi connectivity index (χ1n) is 4.32. The van der Waals surface area contributed by atoms with Crippen LogP contribution in [0.15, 0.2) is 0 Å². The maximum Gasteiger partial charge on any atom is 0.328 e. The monoisotopic (exact) mass is 205 g/mol. The molecule has 0 fully saturated rings. The van der Waals surface area contributed by atoms with Gasteiger partial charge in [0.15, 0.2) is 0 Å². The SMILES string of the molecule is CCCOCC(=O)N[C@H](CO)C(=O)O. The van der Waals surface area contributed by atoms with Crippen molar-refractivity contribution in [3.05, 3.63) is 0 Å². The first-order chi connectivity index (χ1) is 6.61. The molecule has 6 heteroatoms. The number of hydrogen-bond acceptors (Lipinski definition) is 4. The van der Waals surface area contributed by atoms with Crippen molar-refractivity contribution in [3.8, 4) is 0 Å². The van der Waals surface area contributed by atoms with Gasteiger partial charge in [0.25, 0.3) is 0 Å². The summed E-state index contributed by atoms with van der Waals surface area (Å²) in [6.07, 6.45) is 0.787. The topological polar surface area (TPSA) is 95.9 Å². The van der Waals surface area contributed by atoms with Crippen LogP contribution in [0.4, 0.5) is 0 Å². The molecular weight excluding hydrogens is 190 g/mol. The minimum atomic E-state index is -1.27. The summed E-state index contributed by atoms with van der Waals surface area (Å²) in [6, 6.07) is -1.26. The van der Waals surface area contributed by atoms with Gasteiger partial charge >= 0.3 is 5.97 Å². The first-order valence-corrected chi connectivity index (χ1v) is 4.32. The zero-order valence-electron chi connectivity index (χ0n) is 8.02. The van der Waals surface area contributed by atoms with Crippen molar-refractivity contribution in [2.45, 2.75) is 19.4 Å². The molecule has 0 saturated carbocycles. The largest absolute Gasteiger partial charge is 0.480 e. The van der Waals surface area contributed by atoms with Crippen LogP contribution in [-0.2, 0) is 14.3 Å². The summed E-state index contributed by atoms with van der Waals surface area (Å²) >= 11 is 0. The minimum Gasteiger partial charge on any atom is -0.480 e. The van der Waals surface area contributed by atoms with Crippen LogP contribution in [0.3, 0.4) is 0 Å². The molecule has 1 amide bonds. The Morgan fingerprint density at radius 3 is 2.57 bits per heavy atom. The molecule has 82 valence electrons. The number of carboxylic acid groups (broad SMARTS) is 1. The number of amides is 1. The van der Waals surface area contributed by atoms with Gasteiger partial charge in [-0.25, -0.2) is 4.79 Å². The summed E-state index contributed by atoms with van der Waals surface area (Å²) in [4.78, 5) is 21.4. The van der Waals surface area contributed by atoms with E-state index in [-0.39, 0.29) is 6.61 Å². The summed E-state index contributed by atoms with van der Waals surface area (Å²) in [5.41, 5.74) is 0. The zero-order chi connectivity index (χ0) is 11.0. The molecule has 0 radical (unpaired) electrons. The number of carboxylic acids is 1. The second-order valence-corrected chi connectivity index (χ2v) is 2.69. The van der Waals surface area contributed by atoms with Crippen LogP contribution in [0, 0.1) is 0 Å². The van der Waals surface area contributed by atoms with Crippen molar-refractivity contribution >= 4 is 11.9 Å². The van der Waals surface area contributed by atoms with Gasteiger partial charge < -0.3 is 20.3 Å². The lowest BCUT2D eigenvalue weighted by atomic mass is 10.3. The molecule has 0 bridgehead atoms. The Kier molecular flexibility index (Phi) is 6.69. The number of carbonyl (C=O) groups is 2. The van der Waals surface area contributed by atoms with E-state index in [1.807, 2.05) is 6.92 Å². The van der Waals surface area contributed by atoms with Gasteiger partial charge in [-0.15, -0.1) is 0 Å². The summed E-state index contributed by atoms with van der Waals surface area (Å²) in [7, 11) is 0. The predicted molar refractivity (Wildman–Crippen MR) is 47.8 cm³/mol. The van der Waals surface area contributed by atoms with Gasteiger partial charge in [0.1, 0.15) is 12.6 Å². The molecule has 0 saturated heterocycles. The molecule has 1 atom stereocenters. The molecule has 0 aliphatic heterocycles. The zero-order valence-corrected chi connectivity index (χ0v) is 8.02. The van der Waals surface area contributed by atoms with Crippen LogP contribution >= 0.6 is 0 Å². The fraction of sp³-hybridized carbons (Fsp3) is 0.750. The molecule has 0 aromatic heterocycles. The Labute approximate surface area is 81.9 Å². The number of aliphatic hydroxyl groups is 1. The van der Waals surface area contributed by atoms with Crippen molar-refractivity contribution in [2.75, 3.05) is 19.8 Å². The maximum absolute atomic E-state index is 11.0. The molecule has 0 aliphatic carbocycles. The highest BCUT2D eigenvalue weighted by Gasteiger charge is 2.18. The fourth-order valence-electron chi connectivity index (χ4n) is 0.731. The normalized spacial score (nSPS) is 12.1. The van der Waals surface area contributed by atoms with Gasteiger partial charge in [0.05, 0.1) is 6.61 Å². The second-order valence-electron chi connectivity index (χ2n) is 2.69. The van der Waals surface area contributed by atoms with E-state index in [1.165, 1.54) is 0 Å². The highest BCUT2D eigenvalue weighted by Crippen LogP contribution is 1.85. The molecule has 0 aromatic carbocycles. The third-order valence-electron chi connectivity index (χ3n) is 1.40. The molecule has 0 rings (SSSR count). The molecule has 0 spiro atoms. The Hall–Kier alpha value is -1.14. The van der Waals surface area contributed by atoms with E-state index in [9.17, 15) is 9.59 Å². The first kappa shape index (κ1) is 12.9. The highest BCUT2D eigenvalue weighted by atomic mass is 16.5. The summed E-state index contributed by atoms with van der Waals surface area (Å²) in [6.45, 7) is 1.53. The molecule has 14 heavy (non-hydrogen) atoms. The Morgan fingerprint density at radius 2 is 2.14 bits per heavy atom. The van der Waals surface area contributed by atoms with Gasteiger partial charge in [-0.1, -0.05) is 6.92 Å². The lowest BCUT2D eigenvalue weighted by Crippen LogP contribution is -2.44. The van der Waals surface area contributed by atoms with Crippen LogP contribution in [-0.4, -0.2) is 48.0 Å². The maximum atomic E-state index is 11.0. The lowest BCUT2D eigenvalue weighted by Gasteiger charge is -2.11. The third-order valence-corrected chi connectivity index (χ3v) is 1.40. The number of aliphatic hydroxyl groups excluding tert-OH is 1. The van der Waals surface area contributed by atoms with E-state index in [1.54, 1.807) is 0 Å². The number of carbonyl (C=O) groups excluding carboxylic acids is 1. The van der Waals surface area contributed by atoms with Crippen molar-refractivity contribution in [3.63, 3.8) is 0 Å². The van der Waals surface area contributed by atoms with Crippen LogP contribution in [0.1, 0.15) is 13.3 Å². The molecule has 0 aromatic rings. The van der Waals surface area contributed by atoms with Crippen LogP contribution in [0.5, 0.6) is 0 Å². The van der Waals surface area contributed by atoms with Gasteiger partial charge in [0, 0.05) is 6.61 Å². The van der Waals surface area contributed by atoms with E-state index in [0.717, 1.165) is 6.42 Å². The number of ether oxygens (including phenoxy) is 1. The van der Waals surface area contributed by atoms with Crippen LogP contribution < -0.4 is 5.32 Å². The van der Waals surface area contributed by atoms with Gasteiger partial charge in [-0.05, 0) is 6.42 Å². The van der Waals surface area contributed by atoms with Crippen molar-refractivity contribution in [1.29, 1.82) is 0 Å². The summed E-state index contributed by atoms with van der Waals surface area (Å²) in [5.74, 6) is -1.81. The average molecular weight is 205 g/mol. The molecule has 3 N–H and O–H groups in total. The average Bonchev–Trinajstić information content (AvgIpc) is 2.14. The Morgan fingerprint density at radius 1 is 1.50 bits per heavy atom. The lowest BCUT2D eigenvalue weighted by molar-refractivity contribution is -0.143. The van der Waals surface area contributed by atoms with E-state index in [2.05, 4.69) is 5.32 Å². The Bertz CT molecular complexity index is 194. The molecule has 0 unspecified atom stereocenters. The summed E-state index contributed by atoms with van der Waals surface area (Å²) < 4.78 is 4.88. The van der Waals surface area contributed by atoms with Crippen molar-refractivity contribution in [1.82, 2.24) is 5.32 Å². The van der Waals surface area contributed by atoms with Gasteiger partial charge in [-0.3, -0.25) is 4.79 Å². The highest BCUT2D eigenvalue weighted by molar-refractivity contribution is 5.84. The second kappa shape index (κ2) is 7.28.